The molecular weight excluding hydrogens is 160 g/mol. The number of hydrogen-bond acceptors (Lipinski definition) is 1. The van der Waals surface area contributed by atoms with Crippen molar-refractivity contribution >= 4 is 5.78 Å². The highest BCUT2D eigenvalue weighted by molar-refractivity contribution is 5.90. The fourth-order valence-corrected chi connectivity index (χ4v) is 3.72. The van der Waals surface area contributed by atoms with Gasteiger partial charge in [-0.2, -0.15) is 0 Å². The molecule has 0 saturated heterocycles. The molecule has 13 heavy (non-hydrogen) atoms. The Labute approximate surface area is 79.2 Å². The van der Waals surface area contributed by atoms with Crippen LogP contribution in [0.1, 0.15) is 38.5 Å². The number of carbonyl (C=O) groups excluding carboxylic acids is 1. The third-order valence-electron chi connectivity index (χ3n) is 4.44. The second-order valence-electron chi connectivity index (χ2n) is 4.92. The highest BCUT2D eigenvalue weighted by Gasteiger charge is 2.54. The van der Waals surface area contributed by atoms with Gasteiger partial charge in [0.1, 0.15) is 5.78 Å². The van der Waals surface area contributed by atoms with Crippen LogP contribution in [-0.4, -0.2) is 5.78 Å². The first-order valence-electron chi connectivity index (χ1n) is 5.54. The fourth-order valence-electron chi connectivity index (χ4n) is 3.72. The molecule has 0 amide bonds. The lowest BCUT2D eigenvalue weighted by Crippen LogP contribution is -2.30. The number of rotatable bonds is 0. The molecule has 1 spiro atoms. The monoisotopic (exact) mass is 176 g/mol. The maximum Gasteiger partial charge on any atom is 0.142 e. The average molecular weight is 176 g/mol. The van der Waals surface area contributed by atoms with Crippen LogP contribution in [-0.2, 0) is 4.79 Å². The van der Waals surface area contributed by atoms with E-state index in [-0.39, 0.29) is 5.41 Å². The smallest absolute Gasteiger partial charge is 0.142 e. The normalized spacial score (nSPS) is 47.8. The van der Waals surface area contributed by atoms with Gasteiger partial charge in [0.15, 0.2) is 0 Å². The van der Waals surface area contributed by atoms with E-state index in [9.17, 15) is 4.79 Å². The Hall–Kier alpha value is -0.590. The van der Waals surface area contributed by atoms with Gasteiger partial charge in [0.25, 0.3) is 0 Å². The van der Waals surface area contributed by atoms with Gasteiger partial charge in [-0.1, -0.05) is 18.6 Å². The van der Waals surface area contributed by atoms with Gasteiger partial charge < -0.3 is 0 Å². The molecule has 0 N–H and O–H groups in total. The quantitative estimate of drug-likeness (QED) is 0.519. The number of carbonyl (C=O) groups is 1. The van der Waals surface area contributed by atoms with Crippen molar-refractivity contribution in [3.05, 3.63) is 12.2 Å². The first-order valence-corrected chi connectivity index (χ1v) is 5.54. The summed E-state index contributed by atoms with van der Waals surface area (Å²) in [7, 11) is 0. The van der Waals surface area contributed by atoms with E-state index in [1.165, 1.54) is 32.1 Å². The molecule has 0 aromatic carbocycles. The van der Waals surface area contributed by atoms with E-state index >= 15 is 0 Å². The van der Waals surface area contributed by atoms with Crippen molar-refractivity contribution in [2.45, 2.75) is 38.5 Å². The summed E-state index contributed by atoms with van der Waals surface area (Å²) in [5, 5.41) is 0. The third kappa shape index (κ3) is 0.853. The van der Waals surface area contributed by atoms with E-state index in [4.69, 9.17) is 0 Å². The van der Waals surface area contributed by atoms with Crippen molar-refractivity contribution < 1.29 is 4.79 Å². The highest BCUT2D eigenvalue weighted by atomic mass is 16.1. The summed E-state index contributed by atoms with van der Waals surface area (Å²) >= 11 is 0. The molecule has 3 atom stereocenters. The molecule has 0 aromatic rings. The average Bonchev–Trinajstić information content (AvgIpc) is 2.59. The zero-order valence-corrected chi connectivity index (χ0v) is 7.96. The topological polar surface area (TPSA) is 17.1 Å². The largest absolute Gasteiger partial charge is 0.299 e. The number of ketones is 1. The van der Waals surface area contributed by atoms with E-state index in [0.29, 0.717) is 17.6 Å². The van der Waals surface area contributed by atoms with Crippen LogP contribution in [0.3, 0.4) is 0 Å². The molecule has 0 radical (unpaired) electrons. The predicted octanol–water partition coefficient (Wildman–Crippen LogP) is 2.71. The summed E-state index contributed by atoms with van der Waals surface area (Å²) in [5.41, 5.74) is 0.123. The minimum absolute atomic E-state index is 0.123. The lowest BCUT2D eigenvalue weighted by Gasteiger charge is -2.26. The van der Waals surface area contributed by atoms with Gasteiger partial charge >= 0.3 is 0 Å². The van der Waals surface area contributed by atoms with E-state index in [0.717, 1.165) is 6.42 Å². The van der Waals surface area contributed by atoms with Gasteiger partial charge in [0.2, 0.25) is 0 Å². The van der Waals surface area contributed by atoms with Crippen molar-refractivity contribution in [1.29, 1.82) is 0 Å². The number of hydrogen-bond donors (Lipinski definition) is 0. The van der Waals surface area contributed by atoms with Crippen LogP contribution < -0.4 is 0 Å². The maximum atomic E-state index is 12.2. The summed E-state index contributed by atoms with van der Waals surface area (Å²) < 4.78 is 0. The first-order chi connectivity index (χ1) is 6.33. The standard InChI is InChI=1S/C12H16O/c13-11-9-3-1-4-10-5-2-7-12(10,11)8-6-9/h1,4,9-10H,2-3,5-8H2/t9-,10-,12-/m1/s1. The van der Waals surface area contributed by atoms with Crippen LogP contribution in [0.15, 0.2) is 12.2 Å². The second-order valence-corrected chi connectivity index (χ2v) is 4.92. The molecule has 0 aromatic heterocycles. The molecule has 3 aliphatic carbocycles. The van der Waals surface area contributed by atoms with Crippen LogP contribution in [0.5, 0.6) is 0 Å². The molecule has 3 aliphatic rings. The zero-order valence-electron chi connectivity index (χ0n) is 7.96. The fraction of sp³-hybridized carbons (Fsp3) is 0.750. The third-order valence-corrected chi connectivity index (χ3v) is 4.44. The SMILES string of the molecule is O=C1[C@@H]2CC=C[C@@H]3CCC[C@]13CC2. The van der Waals surface area contributed by atoms with Crippen molar-refractivity contribution in [2.24, 2.45) is 17.3 Å². The number of Topliss-reactive ketones (excluding diaryl/α,β-unsaturated/α-hetero) is 1. The number of allylic oxidation sites excluding steroid dienone is 2. The molecule has 2 fully saturated rings. The first kappa shape index (κ1) is 7.78. The lowest BCUT2D eigenvalue weighted by atomic mass is 9.75. The van der Waals surface area contributed by atoms with Crippen LogP contribution in [0.25, 0.3) is 0 Å². The minimum atomic E-state index is 0.123. The van der Waals surface area contributed by atoms with E-state index in [1.807, 2.05) is 0 Å². The minimum Gasteiger partial charge on any atom is -0.299 e. The molecule has 2 saturated carbocycles. The van der Waals surface area contributed by atoms with E-state index < -0.39 is 0 Å². The van der Waals surface area contributed by atoms with Gasteiger partial charge in [-0.05, 0) is 38.0 Å². The van der Waals surface area contributed by atoms with Crippen LogP contribution in [0.2, 0.25) is 0 Å². The summed E-state index contributed by atoms with van der Waals surface area (Å²) in [6.07, 6.45) is 11.7. The molecular formula is C12H16O. The Kier molecular flexibility index (Phi) is 1.47. The summed E-state index contributed by atoms with van der Waals surface area (Å²) in [6, 6.07) is 0. The molecule has 2 bridgehead atoms. The predicted molar refractivity (Wildman–Crippen MR) is 51.3 cm³/mol. The van der Waals surface area contributed by atoms with Crippen molar-refractivity contribution in [3.8, 4) is 0 Å². The van der Waals surface area contributed by atoms with Crippen LogP contribution in [0.4, 0.5) is 0 Å². The molecule has 3 rings (SSSR count). The Bertz CT molecular complexity index is 279. The highest BCUT2D eigenvalue weighted by Crippen LogP contribution is 2.56. The lowest BCUT2D eigenvalue weighted by molar-refractivity contribution is -0.129. The molecule has 1 heteroatoms. The summed E-state index contributed by atoms with van der Waals surface area (Å²) in [5.74, 6) is 1.60. The van der Waals surface area contributed by atoms with Crippen molar-refractivity contribution in [2.75, 3.05) is 0 Å². The summed E-state index contributed by atoms with van der Waals surface area (Å²) in [6.45, 7) is 0. The van der Waals surface area contributed by atoms with Crippen LogP contribution >= 0.6 is 0 Å². The molecule has 1 nitrogen and oxygen atoms in total. The number of fused-ring (bicyclic) bond motifs is 1. The van der Waals surface area contributed by atoms with Gasteiger partial charge in [-0.15, -0.1) is 0 Å². The van der Waals surface area contributed by atoms with Crippen molar-refractivity contribution in [1.82, 2.24) is 0 Å². The Morgan fingerprint density at radius 2 is 2.23 bits per heavy atom. The van der Waals surface area contributed by atoms with E-state index in [1.54, 1.807) is 0 Å². The zero-order chi connectivity index (χ0) is 8.89. The molecule has 0 aliphatic heterocycles. The van der Waals surface area contributed by atoms with Gasteiger partial charge in [-0.25, -0.2) is 0 Å². The van der Waals surface area contributed by atoms with Gasteiger partial charge in [0.05, 0.1) is 0 Å². The molecule has 0 heterocycles. The second kappa shape index (κ2) is 2.46. The van der Waals surface area contributed by atoms with Crippen LogP contribution in [0, 0.1) is 17.3 Å². The Morgan fingerprint density at radius 3 is 3.15 bits per heavy atom. The van der Waals surface area contributed by atoms with Gasteiger partial charge in [-0.3, -0.25) is 4.79 Å². The van der Waals surface area contributed by atoms with Crippen molar-refractivity contribution in [3.63, 3.8) is 0 Å². The Balaban J connectivity index is 2.08. The molecule has 0 unspecified atom stereocenters. The van der Waals surface area contributed by atoms with Gasteiger partial charge in [0, 0.05) is 11.3 Å². The van der Waals surface area contributed by atoms with E-state index in [2.05, 4.69) is 12.2 Å². The Morgan fingerprint density at radius 1 is 1.31 bits per heavy atom. The molecule has 70 valence electrons. The summed E-state index contributed by atoms with van der Waals surface area (Å²) in [4.78, 5) is 12.2. The maximum absolute atomic E-state index is 12.2.